The molecule has 1 aromatic heterocycles. The first-order chi connectivity index (χ1) is 15.4. The fourth-order valence-electron chi connectivity index (χ4n) is 5.40. The Labute approximate surface area is 182 Å². The van der Waals surface area contributed by atoms with Gasteiger partial charge in [-0.25, -0.2) is 9.29 Å². The Bertz CT molecular complexity index is 1100. The summed E-state index contributed by atoms with van der Waals surface area (Å²) in [5.41, 5.74) is -1.42. The quantitative estimate of drug-likeness (QED) is 0.557. The number of esters is 1. The molecule has 0 spiro atoms. The minimum atomic E-state index is -1.62. The van der Waals surface area contributed by atoms with Crippen LogP contribution in [0.5, 0.6) is 0 Å². The fourth-order valence-corrected chi connectivity index (χ4v) is 5.40. The molecule has 0 bridgehead atoms. The first-order valence-electron chi connectivity index (χ1n) is 10.2. The van der Waals surface area contributed by atoms with Crippen LogP contribution >= 0.6 is 0 Å². The van der Waals surface area contributed by atoms with Gasteiger partial charge in [0.15, 0.2) is 0 Å². The molecule has 4 atom stereocenters. The van der Waals surface area contributed by atoms with Crippen LogP contribution in [0.2, 0.25) is 0 Å². The van der Waals surface area contributed by atoms with Gasteiger partial charge in [-0.1, -0.05) is 0 Å². The standard InChI is InChI=1S/C22H20FN3O6/c1-31-15(27)11-22-17-16(19(28)26(20(17)29)13-6-4-12(23)5-7-13)18(14-3-2-10-32-14)25(22)9-8-24-21(22)30/h2-7,10,16-18H,8-9,11H2,1H3,(H,24,30)/t16-,17-,18+,22-/m1/s1. The van der Waals surface area contributed by atoms with Crippen LogP contribution in [0.25, 0.3) is 0 Å². The van der Waals surface area contributed by atoms with Crippen molar-refractivity contribution in [3.63, 3.8) is 0 Å². The van der Waals surface area contributed by atoms with Crippen LogP contribution in [-0.4, -0.2) is 54.3 Å². The molecular formula is C22H20FN3O6. The molecule has 3 fully saturated rings. The molecule has 0 saturated carbocycles. The Kier molecular flexibility index (Phi) is 4.63. The zero-order valence-corrected chi connectivity index (χ0v) is 17.1. The number of carbonyl (C=O) groups is 4. The molecule has 0 aliphatic carbocycles. The lowest BCUT2D eigenvalue weighted by Crippen LogP contribution is -2.67. The molecule has 2 aromatic rings. The van der Waals surface area contributed by atoms with Gasteiger partial charge in [0, 0.05) is 13.1 Å². The number of rotatable bonds is 4. The summed E-state index contributed by atoms with van der Waals surface area (Å²) in [5.74, 6) is -4.54. The van der Waals surface area contributed by atoms with E-state index in [1.54, 1.807) is 17.0 Å². The summed E-state index contributed by atoms with van der Waals surface area (Å²) in [7, 11) is 1.20. The Balaban J connectivity index is 1.69. The Morgan fingerprint density at radius 3 is 2.62 bits per heavy atom. The van der Waals surface area contributed by atoms with Crippen LogP contribution in [0.15, 0.2) is 47.1 Å². The largest absolute Gasteiger partial charge is 0.469 e. The van der Waals surface area contributed by atoms with Crippen molar-refractivity contribution in [1.82, 2.24) is 10.2 Å². The molecule has 10 heteroatoms. The first kappa shape index (κ1) is 20.4. The summed E-state index contributed by atoms with van der Waals surface area (Å²) in [4.78, 5) is 55.8. The zero-order valence-electron chi connectivity index (χ0n) is 17.1. The van der Waals surface area contributed by atoms with E-state index in [0.29, 0.717) is 18.8 Å². The van der Waals surface area contributed by atoms with Crippen molar-refractivity contribution in [1.29, 1.82) is 0 Å². The Morgan fingerprint density at radius 1 is 1.22 bits per heavy atom. The second kappa shape index (κ2) is 7.27. The molecule has 32 heavy (non-hydrogen) atoms. The average Bonchev–Trinajstić information content (AvgIpc) is 3.46. The summed E-state index contributed by atoms with van der Waals surface area (Å²) in [6, 6.07) is 7.58. The van der Waals surface area contributed by atoms with E-state index in [1.165, 1.54) is 25.5 Å². The minimum Gasteiger partial charge on any atom is -0.469 e. The predicted molar refractivity (Wildman–Crippen MR) is 106 cm³/mol. The molecule has 166 valence electrons. The lowest BCUT2D eigenvalue weighted by molar-refractivity contribution is -0.154. The molecule has 5 rings (SSSR count). The van der Waals surface area contributed by atoms with E-state index >= 15 is 0 Å². The van der Waals surface area contributed by atoms with Crippen LogP contribution in [0.3, 0.4) is 0 Å². The van der Waals surface area contributed by atoms with Gasteiger partial charge in [-0.3, -0.25) is 24.1 Å². The number of anilines is 1. The topological polar surface area (TPSA) is 109 Å². The molecule has 0 radical (unpaired) electrons. The monoisotopic (exact) mass is 441 g/mol. The minimum absolute atomic E-state index is 0.199. The van der Waals surface area contributed by atoms with Gasteiger partial charge in [0.2, 0.25) is 17.7 Å². The maximum absolute atomic E-state index is 13.7. The number of imide groups is 1. The zero-order chi connectivity index (χ0) is 22.6. The summed E-state index contributed by atoms with van der Waals surface area (Å²) in [6.07, 6.45) is 1.05. The second-order valence-corrected chi connectivity index (χ2v) is 8.08. The highest BCUT2D eigenvalue weighted by Gasteiger charge is 2.73. The van der Waals surface area contributed by atoms with Crippen LogP contribution in [-0.2, 0) is 23.9 Å². The van der Waals surface area contributed by atoms with Crippen LogP contribution in [0, 0.1) is 17.7 Å². The highest BCUT2D eigenvalue weighted by molar-refractivity contribution is 6.24. The molecule has 9 nitrogen and oxygen atoms in total. The van der Waals surface area contributed by atoms with Crippen molar-refractivity contribution in [2.24, 2.45) is 11.8 Å². The van der Waals surface area contributed by atoms with Crippen molar-refractivity contribution in [3.05, 3.63) is 54.2 Å². The molecule has 0 unspecified atom stereocenters. The number of benzene rings is 1. The number of piperazine rings is 1. The number of nitrogens with one attached hydrogen (secondary N) is 1. The fraction of sp³-hybridized carbons (Fsp3) is 0.364. The van der Waals surface area contributed by atoms with Crippen LogP contribution in [0.1, 0.15) is 18.2 Å². The predicted octanol–water partition coefficient (Wildman–Crippen LogP) is 1.01. The van der Waals surface area contributed by atoms with E-state index in [-0.39, 0.29) is 5.69 Å². The van der Waals surface area contributed by atoms with E-state index in [1.807, 2.05) is 0 Å². The molecule has 3 amide bonds. The average molecular weight is 441 g/mol. The van der Waals surface area contributed by atoms with Gasteiger partial charge in [0.25, 0.3) is 0 Å². The lowest BCUT2D eigenvalue weighted by atomic mass is 9.76. The maximum atomic E-state index is 13.7. The third-order valence-corrected chi connectivity index (χ3v) is 6.65. The smallest absolute Gasteiger partial charge is 0.307 e. The van der Waals surface area contributed by atoms with Crippen molar-refractivity contribution >= 4 is 29.4 Å². The van der Waals surface area contributed by atoms with Gasteiger partial charge in [0.1, 0.15) is 17.1 Å². The van der Waals surface area contributed by atoms with E-state index in [4.69, 9.17) is 9.15 Å². The van der Waals surface area contributed by atoms with Crippen LogP contribution in [0.4, 0.5) is 10.1 Å². The highest BCUT2D eigenvalue weighted by Crippen LogP contribution is 2.57. The van der Waals surface area contributed by atoms with E-state index in [0.717, 1.165) is 17.0 Å². The molecule has 3 aliphatic heterocycles. The number of hydrogen-bond acceptors (Lipinski definition) is 7. The third kappa shape index (κ3) is 2.65. The first-order valence-corrected chi connectivity index (χ1v) is 10.2. The van der Waals surface area contributed by atoms with Crippen molar-refractivity contribution in [2.75, 3.05) is 25.1 Å². The van der Waals surface area contributed by atoms with Crippen molar-refractivity contribution in [3.8, 4) is 0 Å². The van der Waals surface area contributed by atoms with E-state index in [2.05, 4.69) is 5.32 Å². The molecule has 3 saturated heterocycles. The van der Waals surface area contributed by atoms with Crippen LogP contribution < -0.4 is 10.2 Å². The van der Waals surface area contributed by atoms with E-state index in [9.17, 15) is 23.6 Å². The number of halogens is 1. The highest BCUT2D eigenvalue weighted by atomic mass is 19.1. The Morgan fingerprint density at radius 2 is 1.97 bits per heavy atom. The van der Waals surface area contributed by atoms with E-state index < -0.39 is 59.3 Å². The SMILES string of the molecule is COC(=O)C[C@@]12C(=O)NCCN1[C@@H](c1ccco1)[C@@H]1C(=O)N(c3ccc(F)cc3)C(=O)[C@@H]12. The number of ether oxygens (including phenoxy) is 1. The van der Waals surface area contributed by atoms with Gasteiger partial charge >= 0.3 is 5.97 Å². The molecule has 1 N–H and O–H groups in total. The number of fused-ring (bicyclic) bond motifs is 3. The number of carbonyl (C=O) groups excluding carboxylic acids is 4. The number of furan rings is 1. The number of methoxy groups -OCH3 is 1. The van der Waals surface area contributed by atoms with Gasteiger partial charge in [-0.15, -0.1) is 0 Å². The molecule has 1 aromatic carbocycles. The maximum Gasteiger partial charge on any atom is 0.307 e. The molecule has 4 heterocycles. The van der Waals surface area contributed by atoms with Gasteiger partial charge in [-0.05, 0) is 36.4 Å². The van der Waals surface area contributed by atoms with Gasteiger partial charge in [-0.2, -0.15) is 0 Å². The molecular weight excluding hydrogens is 421 g/mol. The summed E-state index contributed by atoms with van der Waals surface area (Å²) < 4.78 is 23.9. The van der Waals surface area contributed by atoms with Gasteiger partial charge in [0.05, 0.1) is 43.4 Å². The number of amides is 3. The summed E-state index contributed by atoms with van der Waals surface area (Å²) in [6.45, 7) is 0.612. The summed E-state index contributed by atoms with van der Waals surface area (Å²) >= 11 is 0. The lowest BCUT2D eigenvalue weighted by Gasteiger charge is -2.44. The van der Waals surface area contributed by atoms with Crippen molar-refractivity contribution in [2.45, 2.75) is 18.0 Å². The Hall–Kier alpha value is -3.53. The molecule has 3 aliphatic rings. The van der Waals surface area contributed by atoms with Gasteiger partial charge < -0.3 is 14.5 Å². The normalized spacial score (nSPS) is 29.6. The van der Waals surface area contributed by atoms with Crippen molar-refractivity contribution < 1.29 is 32.7 Å². The number of nitrogens with zero attached hydrogens (tertiary/aromatic N) is 2. The number of hydrogen-bond donors (Lipinski definition) is 1. The second-order valence-electron chi connectivity index (χ2n) is 8.08. The third-order valence-electron chi connectivity index (χ3n) is 6.65. The summed E-state index contributed by atoms with van der Waals surface area (Å²) in [5, 5.41) is 2.75.